The molecular formula is C10H11NO4. The van der Waals surface area contributed by atoms with E-state index in [9.17, 15) is 9.70 Å². The van der Waals surface area contributed by atoms with Gasteiger partial charge in [0, 0.05) is 0 Å². The van der Waals surface area contributed by atoms with Crippen molar-refractivity contribution in [2.24, 2.45) is 5.18 Å². The van der Waals surface area contributed by atoms with E-state index < -0.39 is 12.1 Å². The lowest BCUT2D eigenvalue weighted by Crippen LogP contribution is -2.24. The highest BCUT2D eigenvalue weighted by Crippen LogP contribution is 2.18. The van der Waals surface area contributed by atoms with Crippen LogP contribution in [0.5, 0.6) is 5.75 Å². The Morgan fingerprint density at radius 1 is 1.33 bits per heavy atom. The third-order valence-electron chi connectivity index (χ3n) is 1.79. The van der Waals surface area contributed by atoms with Gasteiger partial charge in [0.1, 0.15) is 11.4 Å². The Labute approximate surface area is 87.0 Å². The molecule has 1 unspecified atom stereocenters. The summed E-state index contributed by atoms with van der Waals surface area (Å²) in [7, 11) is 1.29. The molecule has 1 atom stereocenters. The summed E-state index contributed by atoms with van der Waals surface area (Å²) in [5.41, 5.74) is 0.313. The van der Waals surface area contributed by atoms with Gasteiger partial charge in [0.05, 0.1) is 7.11 Å². The fraction of sp³-hybridized carbons (Fsp3) is 0.300. The summed E-state index contributed by atoms with van der Waals surface area (Å²) in [4.78, 5) is 21.2. The number of benzene rings is 1. The Balaban J connectivity index is 2.64. The highest BCUT2D eigenvalue weighted by molar-refractivity contribution is 5.74. The van der Waals surface area contributed by atoms with Crippen LogP contribution in [0.4, 0.5) is 5.69 Å². The molecule has 0 aliphatic carbocycles. The fourth-order valence-electron chi connectivity index (χ4n) is 1.00. The summed E-state index contributed by atoms with van der Waals surface area (Å²) in [6, 6.07) is 6.14. The van der Waals surface area contributed by atoms with Gasteiger partial charge < -0.3 is 9.47 Å². The molecule has 0 saturated carbocycles. The van der Waals surface area contributed by atoms with E-state index in [0.29, 0.717) is 11.4 Å². The molecule has 0 N–H and O–H groups in total. The lowest BCUT2D eigenvalue weighted by Gasteiger charge is -2.11. The lowest BCUT2D eigenvalue weighted by atomic mass is 10.3. The van der Waals surface area contributed by atoms with Crippen molar-refractivity contribution >= 4 is 11.7 Å². The van der Waals surface area contributed by atoms with Gasteiger partial charge in [0.2, 0.25) is 0 Å². The molecule has 0 spiro atoms. The maximum Gasteiger partial charge on any atom is 0.346 e. The first-order valence-corrected chi connectivity index (χ1v) is 4.35. The number of ether oxygens (including phenoxy) is 2. The van der Waals surface area contributed by atoms with Gasteiger partial charge >= 0.3 is 5.97 Å². The van der Waals surface area contributed by atoms with Crippen molar-refractivity contribution in [1.29, 1.82) is 0 Å². The molecule has 0 heterocycles. The normalized spacial score (nSPS) is 11.6. The first-order chi connectivity index (χ1) is 7.17. The molecular weight excluding hydrogens is 198 g/mol. The lowest BCUT2D eigenvalue weighted by molar-refractivity contribution is -0.147. The van der Waals surface area contributed by atoms with E-state index in [4.69, 9.17) is 4.74 Å². The van der Waals surface area contributed by atoms with Crippen LogP contribution in [0.3, 0.4) is 0 Å². The SMILES string of the molecule is COC(=O)C(C)Oc1ccc(N=O)cc1. The van der Waals surface area contributed by atoms with Crippen LogP contribution >= 0.6 is 0 Å². The summed E-state index contributed by atoms with van der Waals surface area (Å²) < 4.78 is 9.74. The number of carbonyl (C=O) groups excluding carboxylic acids is 1. The third kappa shape index (κ3) is 3.05. The van der Waals surface area contributed by atoms with E-state index in [-0.39, 0.29) is 0 Å². The predicted octanol–water partition coefficient (Wildman–Crippen LogP) is 2.02. The molecule has 0 radical (unpaired) electrons. The number of carbonyl (C=O) groups is 1. The van der Waals surface area contributed by atoms with E-state index >= 15 is 0 Å². The van der Waals surface area contributed by atoms with E-state index in [1.54, 1.807) is 19.1 Å². The van der Waals surface area contributed by atoms with Gasteiger partial charge in [-0.2, -0.15) is 0 Å². The molecule has 1 aromatic carbocycles. The van der Waals surface area contributed by atoms with Gasteiger partial charge in [0.15, 0.2) is 6.10 Å². The molecule has 5 nitrogen and oxygen atoms in total. The Bertz CT molecular complexity index is 347. The maximum atomic E-state index is 11.0. The molecule has 80 valence electrons. The number of methoxy groups -OCH3 is 1. The number of hydrogen-bond acceptors (Lipinski definition) is 5. The highest BCUT2D eigenvalue weighted by atomic mass is 16.6. The molecule has 15 heavy (non-hydrogen) atoms. The van der Waals surface area contributed by atoms with Crippen molar-refractivity contribution in [3.05, 3.63) is 29.2 Å². The summed E-state index contributed by atoms with van der Waals surface area (Å²) in [6.07, 6.45) is -0.676. The van der Waals surface area contributed by atoms with Crippen molar-refractivity contribution in [2.45, 2.75) is 13.0 Å². The van der Waals surface area contributed by atoms with Gasteiger partial charge in [-0.05, 0) is 36.4 Å². The minimum absolute atomic E-state index is 0.313. The molecule has 0 aliphatic rings. The Kier molecular flexibility index (Phi) is 3.79. The van der Waals surface area contributed by atoms with Gasteiger partial charge in [-0.25, -0.2) is 4.79 Å². The van der Waals surface area contributed by atoms with Crippen LogP contribution in [0.25, 0.3) is 0 Å². The van der Waals surface area contributed by atoms with Gasteiger partial charge in [-0.1, -0.05) is 0 Å². The zero-order valence-electron chi connectivity index (χ0n) is 8.47. The van der Waals surface area contributed by atoms with E-state index in [1.165, 1.54) is 19.2 Å². The Morgan fingerprint density at radius 3 is 2.40 bits per heavy atom. The molecule has 1 rings (SSSR count). The van der Waals surface area contributed by atoms with Crippen molar-refractivity contribution in [2.75, 3.05) is 7.11 Å². The Morgan fingerprint density at radius 2 is 1.93 bits per heavy atom. The molecule has 0 amide bonds. The summed E-state index contributed by atoms with van der Waals surface area (Å²) in [6.45, 7) is 1.58. The number of nitrogens with zero attached hydrogens (tertiary/aromatic N) is 1. The minimum Gasteiger partial charge on any atom is -0.479 e. The molecule has 0 saturated heterocycles. The second kappa shape index (κ2) is 5.09. The van der Waals surface area contributed by atoms with Crippen molar-refractivity contribution in [3.63, 3.8) is 0 Å². The largest absolute Gasteiger partial charge is 0.479 e. The quantitative estimate of drug-likeness (QED) is 0.562. The fourth-order valence-corrected chi connectivity index (χ4v) is 1.00. The molecule has 0 fully saturated rings. The van der Waals surface area contributed by atoms with Crippen molar-refractivity contribution in [3.8, 4) is 5.75 Å². The van der Waals surface area contributed by atoms with Gasteiger partial charge in [-0.15, -0.1) is 4.91 Å². The first kappa shape index (κ1) is 11.2. The molecule has 0 aromatic heterocycles. The van der Waals surface area contributed by atoms with Gasteiger partial charge in [0.25, 0.3) is 0 Å². The number of esters is 1. The van der Waals surface area contributed by atoms with E-state index in [0.717, 1.165) is 0 Å². The number of rotatable bonds is 4. The standard InChI is InChI=1S/C10H11NO4/c1-7(10(12)14-2)15-9-5-3-8(11-13)4-6-9/h3-7H,1-2H3. The highest BCUT2D eigenvalue weighted by Gasteiger charge is 2.14. The molecule has 1 aromatic rings. The van der Waals surface area contributed by atoms with Crippen LogP contribution in [0, 0.1) is 4.91 Å². The average molecular weight is 209 g/mol. The zero-order chi connectivity index (χ0) is 11.3. The van der Waals surface area contributed by atoms with Crippen LogP contribution in [-0.2, 0) is 9.53 Å². The van der Waals surface area contributed by atoms with Crippen LogP contribution < -0.4 is 4.74 Å². The van der Waals surface area contributed by atoms with Crippen molar-refractivity contribution in [1.82, 2.24) is 0 Å². The van der Waals surface area contributed by atoms with Crippen molar-refractivity contribution < 1.29 is 14.3 Å². The maximum absolute atomic E-state index is 11.0. The summed E-state index contributed by atoms with van der Waals surface area (Å²) in [5, 5.41) is 2.74. The van der Waals surface area contributed by atoms with Crippen LogP contribution in [0.2, 0.25) is 0 Å². The second-order valence-electron chi connectivity index (χ2n) is 2.87. The monoisotopic (exact) mass is 209 g/mol. The number of nitroso groups, excluding NO2 is 1. The van der Waals surface area contributed by atoms with Crippen LogP contribution in [0.15, 0.2) is 29.4 Å². The Hall–Kier alpha value is -1.91. The zero-order valence-corrected chi connectivity index (χ0v) is 8.47. The number of hydrogen-bond donors (Lipinski definition) is 0. The molecule has 5 heteroatoms. The molecule has 0 aliphatic heterocycles. The second-order valence-corrected chi connectivity index (χ2v) is 2.87. The predicted molar refractivity (Wildman–Crippen MR) is 54.0 cm³/mol. The average Bonchev–Trinajstić information content (AvgIpc) is 2.29. The first-order valence-electron chi connectivity index (χ1n) is 4.35. The van der Waals surface area contributed by atoms with E-state index in [1.807, 2.05) is 0 Å². The smallest absolute Gasteiger partial charge is 0.346 e. The minimum atomic E-state index is -0.676. The van der Waals surface area contributed by atoms with Crippen LogP contribution in [0.1, 0.15) is 6.92 Å². The van der Waals surface area contributed by atoms with Gasteiger partial charge in [-0.3, -0.25) is 0 Å². The summed E-state index contributed by atoms with van der Waals surface area (Å²) >= 11 is 0. The van der Waals surface area contributed by atoms with E-state index in [2.05, 4.69) is 9.91 Å². The van der Waals surface area contributed by atoms with Crippen LogP contribution in [-0.4, -0.2) is 19.2 Å². The molecule has 0 bridgehead atoms. The third-order valence-corrected chi connectivity index (χ3v) is 1.79. The topological polar surface area (TPSA) is 65.0 Å². The summed E-state index contributed by atoms with van der Waals surface area (Å²) in [5.74, 6) is 0.0351.